The number of fused-ring (bicyclic) bond motifs is 1. The molecule has 21 heavy (non-hydrogen) atoms. The van der Waals surface area contributed by atoms with Gasteiger partial charge in [0.1, 0.15) is 5.37 Å². The van der Waals surface area contributed by atoms with E-state index in [1.807, 2.05) is 6.92 Å². The maximum Gasteiger partial charge on any atom is 0.199 e. The molecule has 108 valence electrons. The van der Waals surface area contributed by atoms with Crippen LogP contribution in [0.3, 0.4) is 0 Å². The zero-order chi connectivity index (χ0) is 15.0. The second kappa shape index (κ2) is 5.00. The number of ketones is 1. The molecule has 0 radical (unpaired) electrons. The third kappa shape index (κ3) is 2.45. The van der Waals surface area contributed by atoms with Crippen LogP contribution in [0.1, 0.15) is 22.3 Å². The summed E-state index contributed by atoms with van der Waals surface area (Å²) in [5.74, 6) is -0.148. The fourth-order valence-corrected chi connectivity index (χ4v) is 3.93. The minimum absolute atomic E-state index is 0.0484. The Kier molecular flexibility index (Phi) is 3.29. The van der Waals surface area contributed by atoms with E-state index in [9.17, 15) is 13.2 Å². The molecule has 5 heteroatoms. The van der Waals surface area contributed by atoms with E-state index in [0.717, 1.165) is 5.56 Å². The minimum atomic E-state index is -3.59. The zero-order valence-corrected chi connectivity index (χ0v) is 12.4. The molecule has 0 spiro atoms. The van der Waals surface area contributed by atoms with E-state index >= 15 is 0 Å². The number of hydrogen-bond acceptors (Lipinski definition) is 4. The van der Waals surface area contributed by atoms with Gasteiger partial charge in [0.2, 0.25) is 0 Å². The predicted octanol–water partition coefficient (Wildman–Crippen LogP) is 2.79. The predicted molar refractivity (Wildman–Crippen MR) is 81.2 cm³/mol. The van der Waals surface area contributed by atoms with Crippen molar-refractivity contribution in [2.75, 3.05) is 5.32 Å². The molecule has 3 rings (SSSR count). The van der Waals surface area contributed by atoms with E-state index in [1.165, 1.54) is 0 Å². The van der Waals surface area contributed by atoms with Gasteiger partial charge in [-0.05, 0) is 31.2 Å². The molecule has 1 aliphatic heterocycles. The molecule has 1 N–H and O–H groups in total. The van der Waals surface area contributed by atoms with Crippen molar-refractivity contribution in [2.45, 2.75) is 23.6 Å². The Bertz CT molecular complexity index is 795. The number of aryl methyl sites for hydroxylation is 1. The number of hydrogen-bond donors (Lipinski definition) is 1. The fraction of sp³-hybridized carbons (Fsp3) is 0.188. The number of sulfone groups is 1. The first kappa shape index (κ1) is 13.8. The number of benzene rings is 2. The van der Waals surface area contributed by atoms with Gasteiger partial charge in [-0.25, -0.2) is 8.42 Å². The van der Waals surface area contributed by atoms with Gasteiger partial charge in [-0.2, -0.15) is 0 Å². The first-order chi connectivity index (χ1) is 9.98. The Morgan fingerprint density at radius 3 is 2.43 bits per heavy atom. The Hall–Kier alpha value is -2.14. The summed E-state index contributed by atoms with van der Waals surface area (Å²) in [5.41, 5.74) is 2.12. The van der Waals surface area contributed by atoms with Gasteiger partial charge in [-0.3, -0.25) is 4.79 Å². The lowest BCUT2D eigenvalue weighted by Gasteiger charge is -2.26. The van der Waals surface area contributed by atoms with Crippen molar-refractivity contribution in [2.24, 2.45) is 0 Å². The first-order valence-corrected chi connectivity index (χ1v) is 8.22. The Labute approximate surface area is 123 Å². The van der Waals surface area contributed by atoms with Crippen molar-refractivity contribution in [1.82, 2.24) is 0 Å². The Morgan fingerprint density at radius 1 is 1.05 bits per heavy atom. The Balaban J connectivity index is 1.98. The highest BCUT2D eigenvalue weighted by Gasteiger charge is 2.34. The maximum atomic E-state index is 12.6. The molecular weight excluding hydrogens is 286 g/mol. The standard InChI is InChI=1S/C16H15NO3S/c1-11-6-8-12(9-7-11)21(19,20)16-10-15(18)13-4-2-3-5-14(13)17-16/h2-9,16-17H,10H2,1H3. The second-order valence-electron chi connectivity index (χ2n) is 5.16. The molecule has 0 saturated carbocycles. The van der Waals surface area contributed by atoms with Crippen molar-refractivity contribution in [3.8, 4) is 0 Å². The summed E-state index contributed by atoms with van der Waals surface area (Å²) in [4.78, 5) is 12.4. The van der Waals surface area contributed by atoms with Gasteiger partial charge < -0.3 is 5.32 Å². The van der Waals surface area contributed by atoms with E-state index in [0.29, 0.717) is 11.3 Å². The molecule has 0 amide bonds. The molecule has 1 atom stereocenters. The third-order valence-corrected chi connectivity index (χ3v) is 5.60. The first-order valence-electron chi connectivity index (χ1n) is 6.68. The second-order valence-corrected chi connectivity index (χ2v) is 7.29. The molecular formula is C16H15NO3S. The monoisotopic (exact) mass is 301 g/mol. The highest BCUT2D eigenvalue weighted by atomic mass is 32.2. The normalized spacial score (nSPS) is 18.0. The number of carbonyl (C=O) groups is 1. The fourth-order valence-electron chi connectivity index (χ4n) is 2.43. The van der Waals surface area contributed by atoms with Gasteiger partial charge in [0.15, 0.2) is 15.6 Å². The molecule has 0 fully saturated rings. The van der Waals surface area contributed by atoms with Crippen molar-refractivity contribution >= 4 is 21.3 Å². The van der Waals surface area contributed by atoms with E-state index in [1.54, 1.807) is 48.5 Å². The lowest BCUT2D eigenvalue weighted by Crippen LogP contribution is -2.36. The number of carbonyl (C=O) groups excluding carboxylic acids is 1. The van der Waals surface area contributed by atoms with Crippen LogP contribution in [0, 0.1) is 6.92 Å². The molecule has 0 saturated heterocycles. The van der Waals surface area contributed by atoms with Gasteiger partial charge in [0.05, 0.1) is 4.90 Å². The van der Waals surface area contributed by atoms with Crippen LogP contribution in [0.4, 0.5) is 5.69 Å². The number of Topliss-reactive ketones (excluding diaryl/α,β-unsaturated/α-hetero) is 1. The minimum Gasteiger partial charge on any atom is -0.368 e. The highest BCUT2D eigenvalue weighted by Crippen LogP contribution is 2.29. The summed E-state index contributed by atoms with van der Waals surface area (Å²) in [6.45, 7) is 1.90. The van der Waals surface area contributed by atoms with Crippen LogP contribution in [0.5, 0.6) is 0 Å². The van der Waals surface area contributed by atoms with Gasteiger partial charge in [-0.1, -0.05) is 29.8 Å². The van der Waals surface area contributed by atoms with E-state index in [4.69, 9.17) is 0 Å². The van der Waals surface area contributed by atoms with E-state index in [-0.39, 0.29) is 17.1 Å². The molecule has 0 aliphatic carbocycles. The topological polar surface area (TPSA) is 63.2 Å². The summed E-state index contributed by atoms with van der Waals surface area (Å²) in [7, 11) is -3.59. The van der Waals surface area contributed by atoms with Crippen LogP contribution < -0.4 is 5.32 Å². The maximum absolute atomic E-state index is 12.6. The quantitative estimate of drug-likeness (QED) is 0.926. The molecule has 1 aliphatic rings. The highest BCUT2D eigenvalue weighted by molar-refractivity contribution is 7.92. The summed E-state index contributed by atoms with van der Waals surface area (Å²) in [6, 6.07) is 13.7. The molecule has 4 nitrogen and oxygen atoms in total. The van der Waals surface area contributed by atoms with Gasteiger partial charge in [0, 0.05) is 17.7 Å². The summed E-state index contributed by atoms with van der Waals surface area (Å²) in [6.07, 6.45) is -0.0484. The van der Waals surface area contributed by atoms with Crippen LogP contribution in [0.2, 0.25) is 0 Å². The average molecular weight is 301 g/mol. The lowest BCUT2D eigenvalue weighted by atomic mass is 10.0. The van der Waals surface area contributed by atoms with Crippen molar-refractivity contribution in [3.63, 3.8) is 0 Å². The van der Waals surface area contributed by atoms with Gasteiger partial charge >= 0.3 is 0 Å². The number of anilines is 1. The van der Waals surface area contributed by atoms with E-state index < -0.39 is 15.2 Å². The molecule has 0 bridgehead atoms. The number of para-hydroxylation sites is 1. The van der Waals surface area contributed by atoms with E-state index in [2.05, 4.69) is 5.32 Å². The molecule has 1 unspecified atom stereocenters. The number of nitrogens with one attached hydrogen (secondary N) is 1. The van der Waals surface area contributed by atoms with Crippen LogP contribution in [0.25, 0.3) is 0 Å². The lowest BCUT2D eigenvalue weighted by molar-refractivity contribution is 0.0979. The number of rotatable bonds is 2. The molecule has 2 aromatic rings. The van der Waals surface area contributed by atoms with Crippen LogP contribution in [-0.4, -0.2) is 19.6 Å². The SMILES string of the molecule is Cc1ccc(S(=O)(=O)C2CC(=O)c3ccccc3N2)cc1. The largest absolute Gasteiger partial charge is 0.368 e. The van der Waals surface area contributed by atoms with Crippen LogP contribution in [0.15, 0.2) is 53.4 Å². The van der Waals surface area contributed by atoms with Crippen molar-refractivity contribution in [1.29, 1.82) is 0 Å². The Morgan fingerprint density at radius 2 is 1.71 bits per heavy atom. The summed E-state index contributed by atoms with van der Waals surface area (Å²) < 4.78 is 25.3. The molecule has 2 aromatic carbocycles. The van der Waals surface area contributed by atoms with Gasteiger partial charge in [-0.15, -0.1) is 0 Å². The van der Waals surface area contributed by atoms with Crippen LogP contribution in [-0.2, 0) is 9.84 Å². The zero-order valence-electron chi connectivity index (χ0n) is 11.5. The summed E-state index contributed by atoms with van der Waals surface area (Å²) >= 11 is 0. The average Bonchev–Trinajstić information content (AvgIpc) is 2.47. The smallest absolute Gasteiger partial charge is 0.199 e. The molecule has 0 aromatic heterocycles. The van der Waals surface area contributed by atoms with Gasteiger partial charge in [0.25, 0.3) is 0 Å². The summed E-state index contributed by atoms with van der Waals surface area (Å²) in [5, 5.41) is 2.06. The van der Waals surface area contributed by atoms with Crippen LogP contribution >= 0.6 is 0 Å². The van der Waals surface area contributed by atoms with Crippen molar-refractivity contribution in [3.05, 3.63) is 59.7 Å². The third-order valence-electron chi connectivity index (χ3n) is 3.64. The molecule has 1 heterocycles. The van der Waals surface area contributed by atoms with Crippen molar-refractivity contribution < 1.29 is 13.2 Å².